The smallest absolute Gasteiger partial charge is 0.494 e. The maximum atomic E-state index is 13.3. The van der Waals surface area contributed by atoms with Gasteiger partial charge >= 0.3 is 6.36 Å². The highest BCUT2D eigenvalue weighted by Gasteiger charge is 2.31. The van der Waals surface area contributed by atoms with Crippen LogP contribution in [0.4, 0.5) is 18.3 Å². The van der Waals surface area contributed by atoms with E-state index in [2.05, 4.69) is 40.0 Å². The fourth-order valence-corrected chi connectivity index (χ4v) is 4.47. The number of nitrogens with zero attached hydrogens (tertiary/aromatic N) is 6. The van der Waals surface area contributed by atoms with Crippen LogP contribution in [0, 0.1) is 13.8 Å². The molecule has 0 aliphatic heterocycles. The molecular formula is C25H18F3N7O3S. The van der Waals surface area contributed by atoms with Gasteiger partial charge in [-0.05, 0) is 32.0 Å². The molecule has 0 atom stereocenters. The molecule has 0 aliphatic rings. The van der Waals surface area contributed by atoms with Crippen molar-refractivity contribution in [2.75, 3.05) is 12.4 Å². The molecule has 0 spiro atoms. The maximum Gasteiger partial charge on any atom is 0.574 e. The molecule has 14 heteroatoms. The molecule has 198 valence electrons. The molecule has 0 fully saturated rings. The van der Waals surface area contributed by atoms with E-state index in [4.69, 9.17) is 4.74 Å². The standard InChI is InChI=1S/C25H18F3N7O3S/c1-12-6-15(16-7-13(2)30-11-19(16)37-3)17(9-29-12)22(36)35-24-34-21-23(39-24)33-18(10-32-21)14-4-5-20(31-8-14)38-25(26,27)28/h4-11H,1-3H3,(H,32,34,35,36). The van der Waals surface area contributed by atoms with Gasteiger partial charge in [-0.3, -0.25) is 20.1 Å². The molecule has 0 saturated carbocycles. The molecule has 5 aromatic heterocycles. The molecule has 5 rings (SSSR count). The molecule has 0 aliphatic carbocycles. The highest BCUT2D eigenvalue weighted by molar-refractivity contribution is 7.21. The van der Waals surface area contributed by atoms with Crippen LogP contribution in [0.1, 0.15) is 21.7 Å². The molecule has 5 heterocycles. The van der Waals surface area contributed by atoms with Gasteiger partial charge in [0.15, 0.2) is 15.6 Å². The number of fused-ring (bicyclic) bond motifs is 1. The molecule has 0 radical (unpaired) electrons. The first-order valence-electron chi connectivity index (χ1n) is 11.2. The number of aryl methyl sites for hydroxylation is 2. The van der Waals surface area contributed by atoms with Crippen LogP contribution in [0.3, 0.4) is 0 Å². The summed E-state index contributed by atoms with van der Waals surface area (Å²) in [4.78, 5) is 39.0. The van der Waals surface area contributed by atoms with E-state index >= 15 is 0 Å². The third-order valence-corrected chi connectivity index (χ3v) is 6.25. The molecule has 0 unspecified atom stereocenters. The lowest BCUT2D eigenvalue weighted by Gasteiger charge is -2.13. The minimum Gasteiger partial charge on any atom is -0.494 e. The fourth-order valence-electron chi connectivity index (χ4n) is 3.67. The number of alkyl halides is 3. The van der Waals surface area contributed by atoms with Crippen LogP contribution in [0.25, 0.3) is 32.9 Å². The number of rotatable bonds is 6. The van der Waals surface area contributed by atoms with Crippen molar-refractivity contribution in [2.45, 2.75) is 20.2 Å². The zero-order chi connectivity index (χ0) is 27.7. The number of carbonyl (C=O) groups excluding carboxylic acids is 1. The van der Waals surface area contributed by atoms with E-state index in [-0.39, 0.29) is 10.8 Å². The van der Waals surface area contributed by atoms with Gasteiger partial charge in [0.05, 0.1) is 30.8 Å². The van der Waals surface area contributed by atoms with Crippen molar-refractivity contribution in [3.05, 3.63) is 66.0 Å². The Morgan fingerprint density at radius 1 is 0.923 bits per heavy atom. The summed E-state index contributed by atoms with van der Waals surface area (Å²) in [7, 11) is 1.53. The lowest BCUT2D eigenvalue weighted by molar-refractivity contribution is -0.276. The van der Waals surface area contributed by atoms with Crippen molar-refractivity contribution in [1.82, 2.24) is 29.9 Å². The van der Waals surface area contributed by atoms with E-state index in [0.717, 1.165) is 23.1 Å². The Labute approximate surface area is 223 Å². The first kappa shape index (κ1) is 25.9. The Bertz CT molecular complexity index is 1690. The number of hydrogen-bond donors (Lipinski definition) is 1. The van der Waals surface area contributed by atoms with Crippen molar-refractivity contribution >= 4 is 32.9 Å². The topological polar surface area (TPSA) is 125 Å². The molecule has 5 aromatic rings. The van der Waals surface area contributed by atoms with Crippen molar-refractivity contribution in [2.24, 2.45) is 0 Å². The Morgan fingerprint density at radius 3 is 2.36 bits per heavy atom. The van der Waals surface area contributed by atoms with Crippen molar-refractivity contribution < 1.29 is 27.4 Å². The average Bonchev–Trinajstić information content (AvgIpc) is 3.29. The van der Waals surface area contributed by atoms with Crippen LogP contribution < -0.4 is 14.8 Å². The zero-order valence-corrected chi connectivity index (χ0v) is 21.4. The third kappa shape index (κ3) is 5.75. The molecular weight excluding hydrogens is 535 g/mol. The van der Waals surface area contributed by atoms with Gasteiger partial charge in [0.2, 0.25) is 5.88 Å². The Morgan fingerprint density at radius 2 is 1.67 bits per heavy atom. The van der Waals surface area contributed by atoms with Gasteiger partial charge in [-0.2, -0.15) is 4.98 Å². The molecule has 1 amide bonds. The van der Waals surface area contributed by atoms with Crippen molar-refractivity contribution in [3.8, 4) is 34.0 Å². The summed E-state index contributed by atoms with van der Waals surface area (Å²) in [5.74, 6) is -0.529. The van der Waals surface area contributed by atoms with Crippen LogP contribution in [-0.4, -0.2) is 49.3 Å². The Balaban J connectivity index is 1.42. The third-order valence-electron chi connectivity index (χ3n) is 5.40. The number of thiazole rings is 1. The molecule has 0 saturated heterocycles. The predicted octanol–water partition coefficient (Wildman–Crippen LogP) is 5.38. The monoisotopic (exact) mass is 553 g/mol. The van der Waals surface area contributed by atoms with Gasteiger partial charge in [-0.1, -0.05) is 11.3 Å². The number of methoxy groups -OCH3 is 1. The van der Waals surface area contributed by atoms with Gasteiger partial charge in [-0.25, -0.2) is 15.0 Å². The van der Waals surface area contributed by atoms with Gasteiger partial charge in [0.25, 0.3) is 5.91 Å². The molecule has 10 nitrogen and oxygen atoms in total. The van der Waals surface area contributed by atoms with Crippen LogP contribution in [0.5, 0.6) is 11.6 Å². The Kier molecular flexibility index (Phi) is 6.78. The average molecular weight is 554 g/mol. The summed E-state index contributed by atoms with van der Waals surface area (Å²) in [5.41, 5.74) is 4.16. The number of nitrogens with one attached hydrogen (secondary N) is 1. The summed E-state index contributed by atoms with van der Waals surface area (Å²) in [6.07, 6.45) is 0.847. The fraction of sp³-hybridized carbons (Fsp3) is 0.160. The highest BCUT2D eigenvalue weighted by atomic mass is 32.1. The quantitative estimate of drug-likeness (QED) is 0.295. The molecule has 0 aromatic carbocycles. The summed E-state index contributed by atoms with van der Waals surface area (Å²) in [6, 6.07) is 6.08. The van der Waals surface area contributed by atoms with E-state index < -0.39 is 18.1 Å². The summed E-state index contributed by atoms with van der Waals surface area (Å²) in [6.45, 7) is 3.66. The van der Waals surface area contributed by atoms with Gasteiger partial charge in [0.1, 0.15) is 5.75 Å². The number of carbonyl (C=O) groups is 1. The molecule has 1 N–H and O–H groups in total. The van der Waals surface area contributed by atoms with Gasteiger partial charge in [-0.15, -0.1) is 13.2 Å². The Hall–Kier alpha value is -4.72. The zero-order valence-electron chi connectivity index (χ0n) is 20.6. The first-order valence-corrected chi connectivity index (χ1v) is 12.1. The van der Waals surface area contributed by atoms with E-state index in [1.807, 2.05) is 19.9 Å². The number of hydrogen-bond acceptors (Lipinski definition) is 10. The van der Waals surface area contributed by atoms with Gasteiger partial charge in [0, 0.05) is 46.5 Å². The van der Waals surface area contributed by atoms with Crippen LogP contribution >= 0.6 is 11.3 Å². The van der Waals surface area contributed by atoms with Crippen LogP contribution in [0.15, 0.2) is 49.1 Å². The van der Waals surface area contributed by atoms with Crippen LogP contribution in [0.2, 0.25) is 0 Å². The molecule has 0 bridgehead atoms. The minimum atomic E-state index is -4.84. The first-order chi connectivity index (χ1) is 18.6. The van der Waals surface area contributed by atoms with Gasteiger partial charge < -0.3 is 9.47 Å². The lowest BCUT2D eigenvalue weighted by Crippen LogP contribution is -2.17. The van der Waals surface area contributed by atoms with Crippen molar-refractivity contribution in [3.63, 3.8) is 0 Å². The van der Waals surface area contributed by atoms with E-state index in [0.29, 0.717) is 44.2 Å². The minimum absolute atomic E-state index is 0.253. The van der Waals surface area contributed by atoms with E-state index in [9.17, 15) is 18.0 Å². The second kappa shape index (κ2) is 10.2. The lowest BCUT2D eigenvalue weighted by atomic mass is 9.99. The number of anilines is 1. The number of amides is 1. The normalized spacial score (nSPS) is 11.4. The van der Waals surface area contributed by atoms with E-state index in [1.165, 1.54) is 31.8 Å². The second-order valence-electron chi connectivity index (χ2n) is 8.19. The largest absolute Gasteiger partial charge is 0.574 e. The van der Waals surface area contributed by atoms with Crippen molar-refractivity contribution in [1.29, 1.82) is 0 Å². The summed E-state index contributed by atoms with van der Waals surface area (Å²) >= 11 is 1.09. The highest BCUT2D eigenvalue weighted by Crippen LogP contribution is 2.34. The van der Waals surface area contributed by atoms with E-state index in [1.54, 1.807) is 12.3 Å². The number of ether oxygens (including phenoxy) is 2. The second-order valence-corrected chi connectivity index (χ2v) is 9.16. The summed E-state index contributed by atoms with van der Waals surface area (Å²) in [5, 5.41) is 3.03. The van der Waals surface area contributed by atoms with Crippen LogP contribution in [-0.2, 0) is 0 Å². The SMILES string of the molecule is COc1cnc(C)cc1-c1cc(C)ncc1C(=O)Nc1nc2ncc(-c3ccc(OC(F)(F)F)nc3)nc2s1. The maximum absolute atomic E-state index is 13.3. The molecule has 39 heavy (non-hydrogen) atoms. The summed E-state index contributed by atoms with van der Waals surface area (Å²) < 4.78 is 46.4. The number of halogens is 3. The number of aromatic nitrogens is 6. The predicted molar refractivity (Wildman–Crippen MR) is 137 cm³/mol. The number of pyridine rings is 3.